The zero-order chi connectivity index (χ0) is 17.4. The smallest absolute Gasteiger partial charge is 0.326 e. The van der Waals surface area contributed by atoms with Gasteiger partial charge in [0.25, 0.3) is 0 Å². The first-order valence-corrected chi connectivity index (χ1v) is 8.58. The molecule has 24 heavy (non-hydrogen) atoms. The summed E-state index contributed by atoms with van der Waals surface area (Å²) in [5.41, 5.74) is -0.0898. The van der Waals surface area contributed by atoms with E-state index in [9.17, 15) is 10.1 Å². The number of fused-ring (bicyclic) bond motifs is 1. The molecule has 3 unspecified atom stereocenters. The van der Waals surface area contributed by atoms with E-state index in [-0.39, 0.29) is 12.1 Å². The topological polar surface area (TPSA) is 56.6 Å². The summed E-state index contributed by atoms with van der Waals surface area (Å²) in [5, 5.41) is 9.84. The molecule has 0 amide bonds. The van der Waals surface area contributed by atoms with Crippen LogP contribution in [0.1, 0.15) is 32.8 Å². The third-order valence-electron chi connectivity index (χ3n) is 5.38. The number of nitriles is 1. The molecule has 2 aliphatic rings. The average molecular weight is 327 g/mol. The lowest BCUT2D eigenvalue weighted by atomic mass is 9.82. The summed E-state index contributed by atoms with van der Waals surface area (Å²) in [7, 11) is 0. The summed E-state index contributed by atoms with van der Waals surface area (Å²) in [5.74, 6) is -0.212. The van der Waals surface area contributed by atoms with Gasteiger partial charge in [0.05, 0.1) is 24.3 Å². The number of esters is 1. The third kappa shape index (κ3) is 2.60. The SMILES string of the molecule is CCOC(=O)C1(C)CC(C)(C#N)C2N(Cc3ccccc3)CCN21. The molecule has 3 rings (SSSR count). The molecule has 5 heteroatoms. The minimum Gasteiger partial charge on any atom is -0.465 e. The van der Waals surface area contributed by atoms with Crippen molar-refractivity contribution in [1.29, 1.82) is 5.26 Å². The molecule has 0 radical (unpaired) electrons. The van der Waals surface area contributed by atoms with Gasteiger partial charge in [-0.3, -0.25) is 14.6 Å². The molecule has 1 aromatic rings. The van der Waals surface area contributed by atoms with Crippen LogP contribution < -0.4 is 0 Å². The van der Waals surface area contributed by atoms with Crippen molar-refractivity contribution in [3.05, 3.63) is 35.9 Å². The Labute approximate surface area is 143 Å². The maximum atomic E-state index is 12.6. The first-order valence-electron chi connectivity index (χ1n) is 8.58. The lowest BCUT2D eigenvalue weighted by Crippen LogP contribution is -2.51. The monoisotopic (exact) mass is 327 g/mol. The van der Waals surface area contributed by atoms with Crippen LogP contribution in [-0.4, -0.2) is 47.2 Å². The van der Waals surface area contributed by atoms with Crippen LogP contribution in [0.5, 0.6) is 0 Å². The Hall–Kier alpha value is -1.90. The van der Waals surface area contributed by atoms with E-state index < -0.39 is 11.0 Å². The van der Waals surface area contributed by atoms with E-state index in [4.69, 9.17) is 4.74 Å². The molecule has 0 spiro atoms. The summed E-state index contributed by atoms with van der Waals surface area (Å²) < 4.78 is 5.32. The summed E-state index contributed by atoms with van der Waals surface area (Å²) in [4.78, 5) is 17.1. The minimum atomic E-state index is -0.726. The van der Waals surface area contributed by atoms with Gasteiger partial charge in [-0.25, -0.2) is 0 Å². The molecule has 128 valence electrons. The minimum absolute atomic E-state index is 0.0582. The lowest BCUT2D eigenvalue weighted by molar-refractivity contribution is -0.155. The molecule has 2 saturated heterocycles. The Balaban J connectivity index is 1.89. The van der Waals surface area contributed by atoms with Crippen molar-refractivity contribution in [1.82, 2.24) is 9.80 Å². The fourth-order valence-corrected chi connectivity index (χ4v) is 4.41. The van der Waals surface area contributed by atoms with E-state index in [1.807, 2.05) is 39.0 Å². The number of nitrogens with zero attached hydrogens (tertiary/aromatic N) is 3. The second-order valence-electron chi connectivity index (χ2n) is 7.22. The largest absolute Gasteiger partial charge is 0.465 e. The van der Waals surface area contributed by atoms with Crippen molar-refractivity contribution in [2.24, 2.45) is 5.41 Å². The van der Waals surface area contributed by atoms with Crippen molar-refractivity contribution >= 4 is 5.97 Å². The number of ether oxygens (including phenoxy) is 1. The number of hydrogen-bond acceptors (Lipinski definition) is 5. The molecule has 5 nitrogen and oxygen atoms in total. The standard InChI is InChI=1S/C19H25N3O2/c1-4-24-17(23)19(3)13-18(2,14-20)16-21(10-11-22(16)19)12-15-8-6-5-7-9-15/h5-9,16H,4,10-13H2,1-3H3. The lowest BCUT2D eigenvalue weighted by Gasteiger charge is -2.34. The summed E-state index contributed by atoms with van der Waals surface area (Å²) in [6.45, 7) is 8.51. The third-order valence-corrected chi connectivity index (χ3v) is 5.38. The van der Waals surface area contributed by atoms with Gasteiger partial charge in [-0.15, -0.1) is 0 Å². The van der Waals surface area contributed by atoms with Crippen LogP contribution in [0.2, 0.25) is 0 Å². The highest BCUT2D eigenvalue weighted by Gasteiger charge is 2.63. The van der Waals surface area contributed by atoms with Gasteiger partial charge in [-0.2, -0.15) is 5.26 Å². The van der Waals surface area contributed by atoms with E-state index in [0.29, 0.717) is 13.0 Å². The first-order chi connectivity index (χ1) is 11.4. The number of benzene rings is 1. The van der Waals surface area contributed by atoms with Crippen molar-refractivity contribution in [3.63, 3.8) is 0 Å². The molecule has 0 N–H and O–H groups in total. The van der Waals surface area contributed by atoms with Gasteiger partial charge in [-0.1, -0.05) is 30.3 Å². The fraction of sp³-hybridized carbons (Fsp3) is 0.579. The van der Waals surface area contributed by atoms with Crippen LogP contribution in [0, 0.1) is 16.7 Å². The molecule has 1 aromatic carbocycles. The average Bonchev–Trinajstić information content (AvgIpc) is 3.09. The normalized spacial score (nSPS) is 33.2. The Kier molecular flexibility index (Phi) is 4.37. The number of carbonyl (C=O) groups is 1. The molecular weight excluding hydrogens is 302 g/mol. The van der Waals surface area contributed by atoms with Crippen LogP contribution in [0.4, 0.5) is 0 Å². The Bertz CT molecular complexity index is 656. The number of rotatable bonds is 4. The van der Waals surface area contributed by atoms with Gasteiger partial charge < -0.3 is 4.74 Å². The number of carbonyl (C=O) groups excluding carboxylic acids is 1. The quantitative estimate of drug-likeness (QED) is 0.795. The van der Waals surface area contributed by atoms with E-state index in [0.717, 1.165) is 19.6 Å². The van der Waals surface area contributed by atoms with E-state index in [1.165, 1.54) is 5.56 Å². The second-order valence-corrected chi connectivity index (χ2v) is 7.22. The zero-order valence-electron chi connectivity index (χ0n) is 14.7. The number of hydrogen-bond donors (Lipinski definition) is 0. The van der Waals surface area contributed by atoms with E-state index >= 15 is 0 Å². The van der Waals surface area contributed by atoms with E-state index in [2.05, 4.69) is 28.0 Å². The van der Waals surface area contributed by atoms with Gasteiger partial charge in [0, 0.05) is 19.6 Å². The Morgan fingerprint density at radius 1 is 1.33 bits per heavy atom. The predicted octanol–water partition coefficient (Wildman–Crippen LogP) is 2.39. The van der Waals surface area contributed by atoms with Gasteiger partial charge in [0.1, 0.15) is 5.54 Å². The summed E-state index contributed by atoms with van der Waals surface area (Å²) >= 11 is 0. The van der Waals surface area contributed by atoms with Crippen molar-refractivity contribution < 1.29 is 9.53 Å². The Morgan fingerprint density at radius 2 is 2.04 bits per heavy atom. The van der Waals surface area contributed by atoms with Gasteiger partial charge in [-0.05, 0) is 32.8 Å². The molecule has 0 aliphatic carbocycles. The molecule has 0 aromatic heterocycles. The van der Waals surface area contributed by atoms with Crippen molar-refractivity contribution in [2.75, 3.05) is 19.7 Å². The molecule has 0 saturated carbocycles. The molecular formula is C19H25N3O2. The summed E-state index contributed by atoms with van der Waals surface area (Å²) in [6.07, 6.45) is 0.447. The van der Waals surface area contributed by atoms with Crippen LogP contribution in [0.15, 0.2) is 30.3 Å². The highest BCUT2D eigenvalue weighted by atomic mass is 16.5. The van der Waals surface area contributed by atoms with Crippen LogP contribution >= 0.6 is 0 Å². The van der Waals surface area contributed by atoms with Gasteiger partial charge >= 0.3 is 5.97 Å². The first kappa shape index (κ1) is 16.9. The van der Waals surface area contributed by atoms with Crippen LogP contribution in [0.25, 0.3) is 0 Å². The molecule has 2 aliphatic heterocycles. The highest BCUT2D eigenvalue weighted by molar-refractivity contribution is 5.81. The van der Waals surface area contributed by atoms with Gasteiger partial charge in [0.15, 0.2) is 0 Å². The van der Waals surface area contributed by atoms with Crippen LogP contribution in [-0.2, 0) is 16.1 Å². The molecule has 2 fully saturated rings. The maximum absolute atomic E-state index is 12.6. The molecule has 0 bridgehead atoms. The zero-order valence-corrected chi connectivity index (χ0v) is 14.7. The van der Waals surface area contributed by atoms with Gasteiger partial charge in [0.2, 0.25) is 0 Å². The molecule has 3 atom stereocenters. The summed E-state index contributed by atoms with van der Waals surface area (Å²) in [6, 6.07) is 12.8. The van der Waals surface area contributed by atoms with Crippen molar-refractivity contribution in [2.45, 2.75) is 45.4 Å². The van der Waals surface area contributed by atoms with Crippen LogP contribution in [0.3, 0.4) is 0 Å². The van der Waals surface area contributed by atoms with E-state index in [1.54, 1.807) is 0 Å². The Morgan fingerprint density at radius 3 is 2.67 bits per heavy atom. The molecule has 2 heterocycles. The second kappa shape index (κ2) is 6.19. The fourth-order valence-electron chi connectivity index (χ4n) is 4.41. The highest BCUT2D eigenvalue weighted by Crippen LogP contribution is 2.50. The predicted molar refractivity (Wildman–Crippen MR) is 90.7 cm³/mol. The van der Waals surface area contributed by atoms with Crippen molar-refractivity contribution in [3.8, 4) is 6.07 Å². The maximum Gasteiger partial charge on any atom is 0.326 e.